The van der Waals surface area contributed by atoms with Gasteiger partial charge in [0.2, 0.25) is 11.9 Å². The van der Waals surface area contributed by atoms with Crippen molar-refractivity contribution in [3.05, 3.63) is 28.6 Å². The van der Waals surface area contributed by atoms with Crippen LogP contribution in [0.25, 0.3) is 12.2 Å². The lowest BCUT2D eigenvalue weighted by Gasteiger charge is -2.20. The summed E-state index contributed by atoms with van der Waals surface area (Å²) in [5.41, 5.74) is 1.64. The van der Waals surface area contributed by atoms with Crippen LogP contribution in [0.4, 0.5) is 5.69 Å². The molecule has 0 fully saturated rings. The average molecular weight is 240 g/mol. The maximum atomic E-state index is 11.8. The highest BCUT2D eigenvalue weighted by Gasteiger charge is 2.27. The molecule has 5 nitrogen and oxygen atoms in total. The molecule has 1 atom stereocenters. The fourth-order valence-corrected chi connectivity index (χ4v) is 2.18. The van der Waals surface area contributed by atoms with Crippen molar-refractivity contribution in [2.24, 2.45) is 10.9 Å². The first-order valence-electron chi connectivity index (χ1n) is 5.67. The molecule has 1 aromatic rings. The smallest absolute Gasteiger partial charge is 0.239 e. The van der Waals surface area contributed by atoms with E-state index in [4.69, 9.17) is 5.41 Å². The van der Waals surface area contributed by atoms with Gasteiger partial charge in [-0.2, -0.15) is 0 Å². The summed E-state index contributed by atoms with van der Waals surface area (Å²) in [6.45, 7) is 0. The molecule has 5 heteroatoms. The van der Waals surface area contributed by atoms with Crippen LogP contribution in [0.3, 0.4) is 0 Å². The normalized spacial score (nSPS) is 20.7. The van der Waals surface area contributed by atoms with Crippen LogP contribution in [0, 0.1) is 11.3 Å². The van der Waals surface area contributed by atoms with Gasteiger partial charge in [-0.3, -0.25) is 15.5 Å². The number of guanidine groups is 1. The lowest BCUT2D eigenvalue weighted by atomic mass is 9.93. The lowest BCUT2D eigenvalue weighted by molar-refractivity contribution is -0.120. The molecule has 1 heterocycles. The van der Waals surface area contributed by atoms with Crippen LogP contribution >= 0.6 is 0 Å². The topological polar surface area (TPSA) is 77.3 Å². The molecule has 18 heavy (non-hydrogen) atoms. The molecule has 1 aliphatic heterocycles. The molecule has 0 radical (unpaired) electrons. The summed E-state index contributed by atoms with van der Waals surface area (Å²) in [4.78, 5) is 15.9. The monoisotopic (exact) mass is 240 g/mol. The molecule has 1 aliphatic carbocycles. The second-order valence-corrected chi connectivity index (χ2v) is 4.26. The Hall–Kier alpha value is -2.43. The van der Waals surface area contributed by atoms with Gasteiger partial charge in [-0.1, -0.05) is 12.1 Å². The lowest BCUT2D eigenvalue weighted by Crippen LogP contribution is -2.46. The van der Waals surface area contributed by atoms with Gasteiger partial charge >= 0.3 is 0 Å². The summed E-state index contributed by atoms with van der Waals surface area (Å²) in [5, 5.41) is 15.0. The van der Waals surface area contributed by atoms with Crippen molar-refractivity contribution in [1.29, 1.82) is 5.41 Å². The standard InChI is InChI=1S/C13H12N4O/c1-15-9-3-2-7-6-11-10(5-8(7)4-9)12(18)17-13(14)16-11/h2-6,10,15H,1H3,(H2,14,17,18). The van der Waals surface area contributed by atoms with E-state index in [0.29, 0.717) is 5.71 Å². The number of amides is 1. The fraction of sp³-hybridized carbons (Fsp3) is 0.154. The number of hydrogen-bond donors (Lipinski definition) is 3. The first-order valence-corrected chi connectivity index (χ1v) is 5.67. The van der Waals surface area contributed by atoms with Crippen LogP contribution < -0.4 is 21.1 Å². The van der Waals surface area contributed by atoms with Gasteiger partial charge in [0.1, 0.15) is 0 Å². The Bertz CT molecular complexity index is 702. The van der Waals surface area contributed by atoms with Gasteiger partial charge in [-0.15, -0.1) is 0 Å². The quantitative estimate of drug-likeness (QED) is 0.614. The van der Waals surface area contributed by atoms with E-state index in [2.05, 4.69) is 15.6 Å². The van der Waals surface area contributed by atoms with Crippen LogP contribution in [0.5, 0.6) is 0 Å². The van der Waals surface area contributed by atoms with Gasteiger partial charge in [0, 0.05) is 12.7 Å². The summed E-state index contributed by atoms with van der Waals surface area (Å²) in [6.07, 6.45) is 3.75. The first kappa shape index (κ1) is 10.7. The van der Waals surface area contributed by atoms with E-state index in [1.807, 2.05) is 37.4 Å². The van der Waals surface area contributed by atoms with Crippen LogP contribution in [0.15, 0.2) is 23.2 Å². The zero-order valence-electron chi connectivity index (χ0n) is 9.82. The Morgan fingerprint density at radius 2 is 2.22 bits per heavy atom. The molecule has 0 spiro atoms. The number of anilines is 1. The number of carbonyl (C=O) groups is 1. The van der Waals surface area contributed by atoms with Crippen molar-refractivity contribution in [3.8, 4) is 0 Å². The molecule has 0 saturated carbocycles. The van der Waals surface area contributed by atoms with Crippen LogP contribution in [0.1, 0.15) is 0 Å². The highest BCUT2D eigenvalue weighted by atomic mass is 16.2. The number of fused-ring (bicyclic) bond motifs is 2. The van der Waals surface area contributed by atoms with Crippen molar-refractivity contribution >= 4 is 35.4 Å². The maximum absolute atomic E-state index is 11.8. The van der Waals surface area contributed by atoms with Gasteiger partial charge in [-0.25, -0.2) is 4.99 Å². The Kier molecular flexibility index (Phi) is 2.26. The number of hydrogen-bond acceptors (Lipinski definition) is 3. The summed E-state index contributed by atoms with van der Waals surface area (Å²) >= 11 is 0. The second kappa shape index (κ2) is 3.80. The number of nitrogens with zero attached hydrogens (tertiary/aromatic N) is 1. The van der Waals surface area contributed by atoms with Gasteiger partial charge in [-0.05, 0) is 28.6 Å². The number of nitrogens with one attached hydrogen (secondary N) is 3. The van der Waals surface area contributed by atoms with E-state index in [1.54, 1.807) is 0 Å². The summed E-state index contributed by atoms with van der Waals surface area (Å²) in [6, 6.07) is 5.95. The highest BCUT2D eigenvalue weighted by Crippen LogP contribution is 2.11. The molecular formula is C13H12N4O. The summed E-state index contributed by atoms with van der Waals surface area (Å²) < 4.78 is 0. The van der Waals surface area contributed by atoms with Gasteiger partial charge in [0.25, 0.3) is 0 Å². The number of rotatable bonds is 1. The molecule has 1 amide bonds. The van der Waals surface area contributed by atoms with Crippen molar-refractivity contribution in [2.75, 3.05) is 12.4 Å². The third-order valence-electron chi connectivity index (χ3n) is 3.11. The number of aliphatic imine (C=N–C) groups is 1. The Morgan fingerprint density at radius 1 is 1.39 bits per heavy atom. The van der Waals surface area contributed by atoms with E-state index in [0.717, 1.165) is 16.1 Å². The molecule has 0 saturated heterocycles. The van der Waals surface area contributed by atoms with Crippen molar-refractivity contribution < 1.29 is 4.79 Å². The van der Waals surface area contributed by atoms with Crippen molar-refractivity contribution in [2.45, 2.75) is 0 Å². The molecule has 90 valence electrons. The Morgan fingerprint density at radius 3 is 3.00 bits per heavy atom. The minimum Gasteiger partial charge on any atom is -0.388 e. The van der Waals surface area contributed by atoms with Gasteiger partial charge in [0.15, 0.2) is 0 Å². The van der Waals surface area contributed by atoms with Gasteiger partial charge < -0.3 is 5.32 Å². The molecule has 1 unspecified atom stereocenters. The Labute approximate surface area is 103 Å². The molecule has 2 aliphatic rings. The average Bonchev–Trinajstić information content (AvgIpc) is 2.36. The largest absolute Gasteiger partial charge is 0.388 e. The molecule has 3 rings (SSSR count). The summed E-state index contributed by atoms with van der Waals surface area (Å²) in [7, 11) is 1.86. The molecular weight excluding hydrogens is 228 g/mol. The van der Waals surface area contributed by atoms with Crippen LogP contribution in [-0.4, -0.2) is 24.6 Å². The molecule has 0 aromatic heterocycles. The molecule has 1 aromatic carbocycles. The van der Waals surface area contributed by atoms with Crippen molar-refractivity contribution in [1.82, 2.24) is 5.32 Å². The van der Waals surface area contributed by atoms with Crippen molar-refractivity contribution in [3.63, 3.8) is 0 Å². The highest BCUT2D eigenvalue weighted by molar-refractivity contribution is 6.30. The minimum atomic E-state index is -0.390. The third-order valence-corrected chi connectivity index (χ3v) is 3.11. The number of carbonyl (C=O) groups excluding carboxylic acids is 1. The van der Waals surface area contributed by atoms with E-state index in [-0.39, 0.29) is 11.9 Å². The maximum Gasteiger partial charge on any atom is 0.239 e. The second-order valence-electron chi connectivity index (χ2n) is 4.26. The van der Waals surface area contributed by atoms with Crippen LogP contribution in [0.2, 0.25) is 0 Å². The number of benzene rings is 1. The van der Waals surface area contributed by atoms with Crippen LogP contribution in [-0.2, 0) is 4.79 Å². The van der Waals surface area contributed by atoms with E-state index < -0.39 is 5.92 Å². The summed E-state index contributed by atoms with van der Waals surface area (Å²) in [5.74, 6) is -0.674. The third kappa shape index (κ3) is 1.60. The Balaban J connectivity index is 2.23. The predicted octanol–water partition coefficient (Wildman–Crippen LogP) is -0.575. The molecule has 3 N–H and O–H groups in total. The van der Waals surface area contributed by atoms with E-state index >= 15 is 0 Å². The molecule has 0 bridgehead atoms. The van der Waals surface area contributed by atoms with Gasteiger partial charge in [0.05, 0.1) is 11.6 Å². The minimum absolute atomic E-state index is 0.0915. The zero-order valence-corrected chi connectivity index (χ0v) is 9.82. The zero-order chi connectivity index (χ0) is 12.7. The van der Waals surface area contributed by atoms with E-state index in [9.17, 15) is 4.79 Å². The SMILES string of the molecule is CNc1ccc2c(c1)=CC1C(=O)NC(=N)N=C1C=2. The first-order chi connectivity index (χ1) is 8.67. The fourth-order valence-electron chi connectivity index (χ4n) is 2.18. The van der Waals surface area contributed by atoms with E-state index in [1.165, 1.54) is 0 Å². The predicted molar refractivity (Wildman–Crippen MR) is 71.0 cm³/mol.